The molecule has 0 bridgehead atoms. The third-order valence-corrected chi connectivity index (χ3v) is 2.78. The molecular formula is C12H17BrFNO3. The van der Waals surface area contributed by atoms with E-state index in [4.69, 9.17) is 19.9 Å². The van der Waals surface area contributed by atoms with Crippen LogP contribution in [0.2, 0.25) is 0 Å². The molecule has 0 radical (unpaired) electrons. The second-order valence-electron chi connectivity index (χ2n) is 3.61. The first-order valence-electron chi connectivity index (χ1n) is 5.59. The summed E-state index contributed by atoms with van der Waals surface area (Å²) in [6, 6.07) is 2.75. The lowest BCUT2D eigenvalue weighted by Gasteiger charge is -2.10. The molecule has 0 unspecified atom stereocenters. The minimum atomic E-state index is -0.400. The van der Waals surface area contributed by atoms with Crippen molar-refractivity contribution in [2.75, 3.05) is 39.3 Å². The molecule has 2 N–H and O–H groups in total. The lowest BCUT2D eigenvalue weighted by molar-refractivity contribution is 0.0645. The van der Waals surface area contributed by atoms with Crippen molar-refractivity contribution in [1.82, 2.24) is 0 Å². The van der Waals surface area contributed by atoms with Gasteiger partial charge in [0, 0.05) is 26.2 Å². The standard InChI is InChI=1S/C12H17BrFNO3/c1-16-5-6-17-3-2-4-18-12-7-9(13)10(14)8-11(12)15/h7-8H,2-6,15H2,1H3. The van der Waals surface area contributed by atoms with E-state index in [1.165, 1.54) is 12.1 Å². The van der Waals surface area contributed by atoms with E-state index >= 15 is 0 Å². The van der Waals surface area contributed by atoms with Gasteiger partial charge in [0.25, 0.3) is 0 Å². The number of nitrogens with two attached hydrogens (primary N) is 1. The fraction of sp³-hybridized carbons (Fsp3) is 0.500. The zero-order chi connectivity index (χ0) is 13.4. The molecule has 4 nitrogen and oxygen atoms in total. The number of benzene rings is 1. The van der Waals surface area contributed by atoms with Crippen LogP contribution in [-0.2, 0) is 9.47 Å². The van der Waals surface area contributed by atoms with Crippen LogP contribution in [0, 0.1) is 5.82 Å². The summed E-state index contributed by atoms with van der Waals surface area (Å²) in [4.78, 5) is 0. The second-order valence-corrected chi connectivity index (χ2v) is 4.47. The minimum Gasteiger partial charge on any atom is -0.491 e. The number of methoxy groups -OCH3 is 1. The smallest absolute Gasteiger partial charge is 0.143 e. The van der Waals surface area contributed by atoms with Gasteiger partial charge in [-0.05, 0) is 22.0 Å². The van der Waals surface area contributed by atoms with Crippen molar-refractivity contribution in [2.24, 2.45) is 0 Å². The summed E-state index contributed by atoms with van der Waals surface area (Å²) < 4.78 is 29.0. The summed E-state index contributed by atoms with van der Waals surface area (Å²) in [5.41, 5.74) is 5.93. The number of hydrogen-bond acceptors (Lipinski definition) is 4. The summed E-state index contributed by atoms with van der Waals surface area (Å²) in [6.07, 6.45) is 0.734. The van der Waals surface area contributed by atoms with Gasteiger partial charge in [0.05, 0.1) is 30.0 Å². The summed E-state index contributed by atoms with van der Waals surface area (Å²) in [5.74, 6) is 0.0721. The first-order valence-corrected chi connectivity index (χ1v) is 6.38. The normalized spacial score (nSPS) is 10.6. The van der Waals surface area contributed by atoms with E-state index in [0.29, 0.717) is 36.6 Å². The highest BCUT2D eigenvalue weighted by molar-refractivity contribution is 9.10. The van der Waals surface area contributed by atoms with Crippen LogP contribution in [0.3, 0.4) is 0 Å². The summed E-state index contributed by atoms with van der Waals surface area (Å²) in [5, 5.41) is 0. The quantitative estimate of drug-likeness (QED) is 0.590. The van der Waals surface area contributed by atoms with Gasteiger partial charge >= 0.3 is 0 Å². The number of ether oxygens (including phenoxy) is 3. The monoisotopic (exact) mass is 321 g/mol. The maximum absolute atomic E-state index is 13.1. The SMILES string of the molecule is COCCOCCCOc1cc(Br)c(F)cc1N. The maximum atomic E-state index is 13.1. The lowest BCUT2D eigenvalue weighted by atomic mass is 10.3. The van der Waals surface area contributed by atoms with Crippen LogP contribution < -0.4 is 10.5 Å². The number of anilines is 1. The Balaban J connectivity index is 2.25. The van der Waals surface area contributed by atoms with E-state index in [1.54, 1.807) is 7.11 Å². The molecule has 0 saturated carbocycles. The van der Waals surface area contributed by atoms with E-state index in [2.05, 4.69) is 15.9 Å². The van der Waals surface area contributed by atoms with Gasteiger partial charge in [-0.25, -0.2) is 4.39 Å². The van der Waals surface area contributed by atoms with Crippen molar-refractivity contribution < 1.29 is 18.6 Å². The molecule has 0 aliphatic carbocycles. The Morgan fingerprint density at radius 3 is 2.72 bits per heavy atom. The van der Waals surface area contributed by atoms with Crippen molar-refractivity contribution in [1.29, 1.82) is 0 Å². The predicted octanol–water partition coefficient (Wildman–Crippen LogP) is 2.60. The van der Waals surface area contributed by atoms with Crippen molar-refractivity contribution in [2.45, 2.75) is 6.42 Å². The zero-order valence-corrected chi connectivity index (χ0v) is 11.8. The molecule has 0 aliphatic rings. The maximum Gasteiger partial charge on any atom is 0.143 e. The topological polar surface area (TPSA) is 53.7 Å². The van der Waals surface area contributed by atoms with E-state index in [-0.39, 0.29) is 5.69 Å². The van der Waals surface area contributed by atoms with Gasteiger partial charge < -0.3 is 19.9 Å². The highest BCUT2D eigenvalue weighted by Gasteiger charge is 2.06. The highest BCUT2D eigenvalue weighted by atomic mass is 79.9. The summed E-state index contributed by atoms with van der Waals surface area (Å²) >= 11 is 3.08. The molecule has 0 aliphatic heterocycles. The lowest BCUT2D eigenvalue weighted by Crippen LogP contribution is -2.07. The van der Waals surface area contributed by atoms with Crippen LogP contribution in [0.4, 0.5) is 10.1 Å². The minimum absolute atomic E-state index is 0.288. The first kappa shape index (κ1) is 15.2. The van der Waals surface area contributed by atoms with Gasteiger partial charge in [-0.2, -0.15) is 0 Å². The van der Waals surface area contributed by atoms with Crippen molar-refractivity contribution in [3.8, 4) is 5.75 Å². The second kappa shape index (κ2) is 8.29. The van der Waals surface area contributed by atoms with E-state index in [0.717, 1.165) is 6.42 Å². The first-order chi connectivity index (χ1) is 8.65. The molecule has 0 fully saturated rings. The van der Waals surface area contributed by atoms with Gasteiger partial charge in [-0.1, -0.05) is 0 Å². The van der Waals surface area contributed by atoms with Crippen LogP contribution in [0.25, 0.3) is 0 Å². The van der Waals surface area contributed by atoms with Crippen molar-refractivity contribution in [3.63, 3.8) is 0 Å². The fourth-order valence-electron chi connectivity index (χ4n) is 1.26. The molecule has 0 heterocycles. The molecule has 1 aromatic rings. The van der Waals surface area contributed by atoms with Crippen LogP contribution in [0.5, 0.6) is 5.75 Å². The van der Waals surface area contributed by atoms with Crippen LogP contribution in [-0.4, -0.2) is 33.5 Å². The number of rotatable bonds is 8. The van der Waals surface area contributed by atoms with Gasteiger partial charge in [0.2, 0.25) is 0 Å². The fourth-order valence-corrected chi connectivity index (χ4v) is 1.58. The van der Waals surface area contributed by atoms with Crippen LogP contribution >= 0.6 is 15.9 Å². The molecule has 6 heteroatoms. The van der Waals surface area contributed by atoms with Gasteiger partial charge in [-0.15, -0.1) is 0 Å². The van der Waals surface area contributed by atoms with Crippen molar-refractivity contribution in [3.05, 3.63) is 22.4 Å². The third kappa shape index (κ3) is 5.20. The molecule has 1 rings (SSSR count). The molecule has 0 amide bonds. The van der Waals surface area contributed by atoms with Crippen LogP contribution in [0.15, 0.2) is 16.6 Å². The average Bonchev–Trinajstić information content (AvgIpc) is 2.34. The molecular weight excluding hydrogens is 305 g/mol. The van der Waals surface area contributed by atoms with Gasteiger partial charge in [0.1, 0.15) is 11.6 Å². The van der Waals surface area contributed by atoms with E-state index in [9.17, 15) is 4.39 Å². The Labute approximate surface area is 114 Å². The van der Waals surface area contributed by atoms with E-state index < -0.39 is 5.82 Å². The Bertz CT molecular complexity index is 377. The molecule has 1 aromatic carbocycles. The molecule has 102 valence electrons. The average molecular weight is 322 g/mol. The van der Waals surface area contributed by atoms with Crippen LogP contribution in [0.1, 0.15) is 6.42 Å². The van der Waals surface area contributed by atoms with E-state index in [1.807, 2.05) is 0 Å². The molecule has 0 atom stereocenters. The molecule has 0 saturated heterocycles. The Morgan fingerprint density at radius 2 is 2.00 bits per heavy atom. The Kier molecular flexibility index (Phi) is 7.00. The molecule has 0 aromatic heterocycles. The van der Waals surface area contributed by atoms with Gasteiger partial charge in [0.15, 0.2) is 0 Å². The zero-order valence-electron chi connectivity index (χ0n) is 10.2. The third-order valence-electron chi connectivity index (χ3n) is 2.18. The van der Waals surface area contributed by atoms with Crippen molar-refractivity contribution >= 4 is 21.6 Å². The summed E-state index contributed by atoms with van der Waals surface area (Å²) in [7, 11) is 1.63. The predicted molar refractivity (Wildman–Crippen MR) is 71.3 cm³/mol. The summed E-state index contributed by atoms with van der Waals surface area (Å²) in [6.45, 7) is 2.21. The molecule has 0 spiro atoms. The molecule has 18 heavy (non-hydrogen) atoms. The van der Waals surface area contributed by atoms with Gasteiger partial charge in [-0.3, -0.25) is 0 Å². The largest absolute Gasteiger partial charge is 0.491 e. The highest BCUT2D eigenvalue weighted by Crippen LogP contribution is 2.28. The number of nitrogen functional groups attached to an aromatic ring is 1. The number of halogens is 2. The Morgan fingerprint density at radius 1 is 1.22 bits per heavy atom. The Hall–Kier alpha value is -0.850. The number of hydrogen-bond donors (Lipinski definition) is 1.